The summed E-state index contributed by atoms with van der Waals surface area (Å²) in [4.78, 5) is 12.5. The van der Waals surface area contributed by atoms with Crippen molar-refractivity contribution in [2.75, 3.05) is 13.2 Å². The van der Waals surface area contributed by atoms with Gasteiger partial charge in [-0.1, -0.05) is 11.6 Å². The van der Waals surface area contributed by atoms with Gasteiger partial charge in [0.15, 0.2) is 0 Å². The summed E-state index contributed by atoms with van der Waals surface area (Å²) >= 11 is 7.25. The van der Waals surface area contributed by atoms with E-state index in [1.54, 1.807) is 0 Å². The third-order valence-corrected chi connectivity index (χ3v) is 3.18. The topological polar surface area (TPSA) is 26.3 Å². The van der Waals surface area contributed by atoms with Crippen molar-refractivity contribution in [3.8, 4) is 0 Å². The zero-order valence-corrected chi connectivity index (χ0v) is 10.4. The number of hydrogen-bond acceptors (Lipinski definition) is 3. The van der Waals surface area contributed by atoms with Crippen LogP contribution in [0.25, 0.3) is 0 Å². The van der Waals surface area contributed by atoms with Crippen LogP contribution in [0.1, 0.15) is 24.6 Å². The molecule has 0 fully saturated rings. The van der Waals surface area contributed by atoms with Crippen molar-refractivity contribution in [2.24, 2.45) is 0 Å². The molecule has 0 aromatic carbocycles. The Labute approximate surface area is 99.2 Å². The number of Topliss-reactive ketones (excluding diaryl/α,β-unsaturated/α-hetero) is 1. The molecule has 1 aromatic heterocycles. The van der Waals surface area contributed by atoms with E-state index in [-0.39, 0.29) is 5.78 Å². The van der Waals surface area contributed by atoms with Crippen molar-refractivity contribution in [1.82, 2.24) is 0 Å². The first-order chi connectivity index (χ1) is 7.22. The van der Waals surface area contributed by atoms with Gasteiger partial charge >= 0.3 is 0 Å². The van der Waals surface area contributed by atoms with E-state index in [2.05, 4.69) is 0 Å². The first-order valence-electron chi connectivity index (χ1n) is 5.06. The Morgan fingerprint density at radius 2 is 2.33 bits per heavy atom. The van der Waals surface area contributed by atoms with Gasteiger partial charge in [-0.2, -0.15) is 0 Å². The van der Waals surface area contributed by atoms with Gasteiger partial charge in [-0.15, -0.1) is 11.3 Å². The normalized spacial score (nSPS) is 10.5. The SMILES string of the molecule is CCOCCCC(=O)Cc1ccc(Cl)s1. The molecule has 0 radical (unpaired) electrons. The molecular weight excluding hydrogens is 232 g/mol. The Morgan fingerprint density at radius 3 is 2.93 bits per heavy atom. The number of rotatable bonds is 7. The molecule has 0 bridgehead atoms. The van der Waals surface area contributed by atoms with E-state index in [1.807, 2.05) is 19.1 Å². The van der Waals surface area contributed by atoms with Crippen molar-refractivity contribution in [3.05, 3.63) is 21.3 Å². The minimum atomic E-state index is 0.258. The van der Waals surface area contributed by atoms with Gasteiger partial charge in [0.25, 0.3) is 0 Å². The minimum Gasteiger partial charge on any atom is -0.382 e. The fourth-order valence-electron chi connectivity index (χ4n) is 1.25. The Kier molecular flexibility index (Phi) is 5.91. The first-order valence-corrected chi connectivity index (χ1v) is 6.25. The van der Waals surface area contributed by atoms with Gasteiger partial charge in [-0.3, -0.25) is 4.79 Å². The maximum atomic E-state index is 11.5. The second-order valence-electron chi connectivity index (χ2n) is 3.22. The standard InChI is InChI=1S/C11H15ClO2S/c1-2-14-7-3-4-9(13)8-10-5-6-11(12)15-10/h5-6H,2-4,7-8H2,1H3. The van der Waals surface area contributed by atoms with Crippen LogP contribution < -0.4 is 0 Å². The number of thiophene rings is 1. The number of ether oxygens (including phenoxy) is 1. The second kappa shape index (κ2) is 6.99. The van der Waals surface area contributed by atoms with Crippen LogP contribution in [0, 0.1) is 0 Å². The summed E-state index contributed by atoms with van der Waals surface area (Å²) in [6, 6.07) is 3.74. The fraction of sp³-hybridized carbons (Fsp3) is 0.545. The van der Waals surface area contributed by atoms with Crippen molar-refractivity contribution < 1.29 is 9.53 Å². The van der Waals surface area contributed by atoms with Crippen molar-refractivity contribution in [2.45, 2.75) is 26.2 Å². The maximum Gasteiger partial charge on any atom is 0.138 e. The quantitative estimate of drug-likeness (QED) is 0.690. The van der Waals surface area contributed by atoms with E-state index in [0.717, 1.165) is 15.6 Å². The Bertz CT molecular complexity index is 309. The predicted octanol–water partition coefficient (Wildman–Crippen LogP) is 3.33. The molecule has 0 aliphatic heterocycles. The van der Waals surface area contributed by atoms with Gasteiger partial charge in [-0.25, -0.2) is 0 Å². The van der Waals surface area contributed by atoms with Crippen LogP contribution in [0.4, 0.5) is 0 Å². The minimum absolute atomic E-state index is 0.258. The molecule has 15 heavy (non-hydrogen) atoms. The fourth-order valence-corrected chi connectivity index (χ4v) is 2.36. The van der Waals surface area contributed by atoms with Crippen LogP contribution in [0.15, 0.2) is 12.1 Å². The highest BCUT2D eigenvalue weighted by molar-refractivity contribution is 7.16. The lowest BCUT2D eigenvalue weighted by atomic mass is 10.1. The molecule has 84 valence electrons. The summed E-state index contributed by atoms with van der Waals surface area (Å²) < 4.78 is 5.91. The molecule has 2 nitrogen and oxygen atoms in total. The molecule has 0 aliphatic rings. The van der Waals surface area contributed by atoms with Crippen molar-refractivity contribution in [3.63, 3.8) is 0 Å². The van der Waals surface area contributed by atoms with Gasteiger partial charge < -0.3 is 4.74 Å². The van der Waals surface area contributed by atoms with E-state index in [9.17, 15) is 4.79 Å². The molecule has 1 rings (SSSR count). The summed E-state index contributed by atoms with van der Waals surface area (Å²) in [5.41, 5.74) is 0. The van der Waals surface area contributed by atoms with Gasteiger partial charge in [0.2, 0.25) is 0 Å². The molecular formula is C11H15ClO2S. The summed E-state index contributed by atoms with van der Waals surface area (Å²) in [5.74, 6) is 0.258. The predicted molar refractivity (Wildman–Crippen MR) is 63.8 cm³/mol. The van der Waals surface area contributed by atoms with E-state index < -0.39 is 0 Å². The molecule has 1 heterocycles. The lowest BCUT2D eigenvalue weighted by molar-refractivity contribution is -0.118. The smallest absolute Gasteiger partial charge is 0.138 e. The zero-order chi connectivity index (χ0) is 11.1. The third-order valence-electron chi connectivity index (χ3n) is 1.95. The molecule has 0 saturated carbocycles. The van der Waals surface area contributed by atoms with Crippen LogP contribution in [0.5, 0.6) is 0 Å². The molecule has 0 atom stereocenters. The Balaban J connectivity index is 2.18. The average molecular weight is 247 g/mol. The summed E-state index contributed by atoms with van der Waals surface area (Å²) in [7, 11) is 0. The van der Waals surface area contributed by atoms with Crippen LogP contribution in [-0.2, 0) is 16.0 Å². The molecule has 0 aliphatic carbocycles. The maximum absolute atomic E-state index is 11.5. The number of carbonyl (C=O) groups is 1. The molecule has 0 saturated heterocycles. The highest BCUT2D eigenvalue weighted by atomic mass is 35.5. The monoisotopic (exact) mass is 246 g/mol. The van der Waals surface area contributed by atoms with Gasteiger partial charge in [0, 0.05) is 30.9 Å². The Hall–Kier alpha value is -0.380. The summed E-state index contributed by atoms with van der Waals surface area (Å²) in [6.07, 6.45) is 1.91. The lowest BCUT2D eigenvalue weighted by Crippen LogP contribution is -2.03. The largest absolute Gasteiger partial charge is 0.382 e. The molecule has 0 N–H and O–H groups in total. The molecule has 0 spiro atoms. The highest BCUT2D eigenvalue weighted by Gasteiger charge is 2.05. The van der Waals surface area contributed by atoms with Crippen molar-refractivity contribution in [1.29, 1.82) is 0 Å². The van der Waals surface area contributed by atoms with E-state index in [0.29, 0.717) is 26.1 Å². The van der Waals surface area contributed by atoms with Gasteiger partial charge in [0.1, 0.15) is 5.78 Å². The first kappa shape index (κ1) is 12.7. The Morgan fingerprint density at radius 1 is 1.53 bits per heavy atom. The van der Waals surface area contributed by atoms with E-state index in [4.69, 9.17) is 16.3 Å². The highest BCUT2D eigenvalue weighted by Crippen LogP contribution is 2.22. The zero-order valence-electron chi connectivity index (χ0n) is 8.79. The van der Waals surface area contributed by atoms with E-state index in [1.165, 1.54) is 11.3 Å². The van der Waals surface area contributed by atoms with Crippen LogP contribution >= 0.6 is 22.9 Å². The second-order valence-corrected chi connectivity index (χ2v) is 5.02. The molecule has 0 unspecified atom stereocenters. The number of hydrogen-bond donors (Lipinski definition) is 0. The van der Waals surface area contributed by atoms with Crippen LogP contribution in [0.2, 0.25) is 4.34 Å². The lowest BCUT2D eigenvalue weighted by Gasteiger charge is -2.00. The molecule has 1 aromatic rings. The van der Waals surface area contributed by atoms with E-state index >= 15 is 0 Å². The number of ketones is 1. The van der Waals surface area contributed by atoms with Crippen LogP contribution in [-0.4, -0.2) is 19.0 Å². The molecule has 0 amide bonds. The van der Waals surface area contributed by atoms with Crippen molar-refractivity contribution >= 4 is 28.7 Å². The average Bonchev–Trinajstić information content (AvgIpc) is 2.59. The molecule has 4 heteroatoms. The summed E-state index contributed by atoms with van der Waals surface area (Å²) in [6.45, 7) is 3.34. The summed E-state index contributed by atoms with van der Waals surface area (Å²) in [5, 5.41) is 0. The third kappa shape index (κ3) is 5.30. The van der Waals surface area contributed by atoms with Crippen LogP contribution in [0.3, 0.4) is 0 Å². The van der Waals surface area contributed by atoms with Gasteiger partial charge in [0.05, 0.1) is 4.34 Å². The number of carbonyl (C=O) groups excluding carboxylic acids is 1. The van der Waals surface area contributed by atoms with Gasteiger partial charge in [-0.05, 0) is 25.5 Å². The number of halogens is 1.